The van der Waals surface area contributed by atoms with Crippen LogP contribution in [0.4, 0.5) is 0 Å². The largest absolute Gasteiger partial charge is 0.392 e. The average Bonchev–Trinajstić information content (AvgIpc) is 3.00. The van der Waals surface area contributed by atoms with Crippen LogP contribution in [0.3, 0.4) is 0 Å². The average molecular weight is 375 g/mol. The molecule has 2 N–H and O–H groups in total. The lowest BCUT2D eigenvalue weighted by Gasteiger charge is -2.34. The van der Waals surface area contributed by atoms with Crippen molar-refractivity contribution in [2.45, 2.75) is 57.8 Å². The van der Waals surface area contributed by atoms with Gasteiger partial charge in [0.25, 0.3) is 0 Å². The van der Waals surface area contributed by atoms with Gasteiger partial charge in [0.15, 0.2) is 0 Å². The van der Waals surface area contributed by atoms with Gasteiger partial charge in [-0.3, -0.25) is 19.2 Å². The Kier molecular flexibility index (Phi) is 5.45. The van der Waals surface area contributed by atoms with Crippen molar-refractivity contribution in [3.63, 3.8) is 0 Å². The highest BCUT2D eigenvalue weighted by Crippen LogP contribution is 2.29. The van der Waals surface area contributed by atoms with Crippen molar-refractivity contribution >= 4 is 11.8 Å². The fourth-order valence-electron chi connectivity index (χ4n) is 4.14. The molecule has 3 heterocycles. The van der Waals surface area contributed by atoms with Crippen molar-refractivity contribution in [1.29, 1.82) is 0 Å². The zero-order valence-corrected chi connectivity index (χ0v) is 15.8. The number of carbonyl (C=O) groups is 2. The molecular weight excluding hydrogens is 346 g/mol. The Morgan fingerprint density at radius 1 is 1.19 bits per heavy atom. The number of nitrogens with zero attached hydrogens (tertiary/aromatic N) is 4. The molecule has 0 radical (unpaired) electrons. The highest BCUT2D eigenvalue weighted by Gasteiger charge is 2.31. The number of aliphatic hydroxyl groups excluding tert-OH is 1. The first-order valence-electron chi connectivity index (χ1n) is 10.1. The quantitative estimate of drug-likeness (QED) is 0.762. The fraction of sp³-hybridized carbons (Fsp3) is 0.737. The maximum atomic E-state index is 12.4. The number of nitrogens with one attached hydrogen (secondary N) is 1. The summed E-state index contributed by atoms with van der Waals surface area (Å²) >= 11 is 0. The Labute approximate surface area is 159 Å². The minimum absolute atomic E-state index is 0.0446. The van der Waals surface area contributed by atoms with E-state index in [0.717, 1.165) is 43.6 Å². The molecule has 1 saturated heterocycles. The van der Waals surface area contributed by atoms with Crippen LogP contribution in [-0.2, 0) is 29.2 Å². The SMILES string of the molecule is O=C(CN1CCC[C@H](O)C1)NCc1cc2n(n1)CCN(C(=O)C1CCC1)C2. The van der Waals surface area contributed by atoms with E-state index >= 15 is 0 Å². The summed E-state index contributed by atoms with van der Waals surface area (Å²) in [6.45, 7) is 4.17. The standard InChI is InChI=1S/C19H29N5O3/c25-17-5-2-6-22(12-17)13-18(26)20-10-15-9-16-11-23(7-8-24(16)21-15)19(27)14-3-1-4-14/h9,14,17,25H,1-8,10-13H2,(H,20,26)/t17-/m0/s1. The molecule has 1 saturated carbocycles. The van der Waals surface area contributed by atoms with Crippen molar-refractivity contribution in [3.8, 4) is 0 Å². The topological polar surface area (TPSA) is 90.7 Å². The minimum atomic E-state index is -0.322. The lowest BCUT2D eigenvalue weighted by Crippen LogP contribution is -2.44. The molecule has 1 aliphatic carbocycles. The van der Waals surface area contributed by atoms with Crippen LogP contribution in [0.15, 0.2) is 6.07 Å². The third-order valence-corrected chi connectivity index (χ3v) is 5.93. The molecule has 2 fully saturated rings. The van der Waals surface area contributed by atoms with E-state index in [4.69, 9.17) is 0 Å². The molecule has 0 unspecified atom stereocenters. The number of aromatic nitrogens is 2. The molecule has 0 bridgehead atoms. The van der Waals surface area contributed by atoms with Crippen LogP contribution in [-0.4, -0.2) is 68.8 Å². The highest BCUT2D eigenvalue weighted by atomic mass is 16.3. The van der Waals surface area contributed by atoms with E-state index in [2.05, 4.69) is 10.4 Å². The number of carbonyl (C=O) groups excluding carboxylic acids is 2. The first-order valence-corrected chi connectivity index (χ1v) is 10.1. The zero-order chi connectivity index (χ0) is 18.8. The number of likely N-dealkylation sites (tertiary alicyclic amines) is 1. The fourth-order valence-corrected chi connectivity index (χ4v) is 4.14. The van der Waals surface area contributed by atoms with Crippen LogP contribution >= 0.6 is 0 Å². The lowest BCUT2D eigenvalue weighted by molar-refractivity contribution is -0.139. The third kappa shape index (κ3) is 4.32. The molecule has 2 aliphatic heterocycles. The molecule has 3 aliphatic rings. The van der Waals surface area contributed by atoms with E-state index in [1.165, 1.54) is 6.42 Å². The van der Waals surface area contributed by atoms with Gasteiger partial charge in [-0.2, -0.15) is 5.10 Å². The molecule has 2 amide bonds. The molecule has 1 aromatic rings. The van der Waals surface area contributed by atoms with Crippen molar-refractivity contribution in [2.24, 2.45) is 5.92 Å². The van der Waals surface area contributed by atoms with Crippen molar-refractivity contribution in [3.05, 3.63) is 17.5 Å². The summed E-state index contributed by atoms with van der Waals surface area (Å²) in [6.07, 6.45) is 4.65. The molecule has 8 heteroatoms. The summed E-state index contributed by atoms with van der Waals surface area (Å²) in [5.74, 6) is 0.468. The van der Waals surface area contributed by atoms with Crippen molar-refractivity contribution in [1.82, 2.24) is 24.9 Å². The Morgan fingerprint density at radius 3 is 2.78 bits per heavy atom. The minimum Gasteiger partial charge on any atom is -0.392 e. The zero-order valence-electron chi connectivity index (χ0n) is 15.8. The van der Waals surface area contributed by atoms with E-state index in [1.807, 2.05) is 20.5 Å². The van der Waals surface area contributed by atoms with Gasteiger partial charge in [0, 0.05) is 19.0 Å². The molecule has 1 aromatic heterocycles. The van der Waals surface area contributed by atoms with Crippen LogP contribution < -0.4 is 5.32 Å². The normalized spacial score (nSPS) is 23.6. The van der Waals surface area contributed by atoms with Crippen LogP contribution in [0.25, 0.3) is 0 Å². The Bertz CT molecular complexity index is 700. The second-order valence-electron chi connectivity index (χ2n) is 8.05. The van der Waals surface area contributed by atoms with Crippen LogP contribution in [0.2, 0.25) is 0 Å². The Hall–Kier alpha value is -1.93. The molecule has 8 nitrogen and oxygen atoms in total. The summed E-state index contributed by atoms with van der Waals surface area (Å²) in [7, 11) is 0. The first-order chi connectivity index (χ1) is 13.1. The van der Waals surface area contributed by atoms with E-state index in [0.29, 0.717) is 39.3 Å². The maximum absolute atomic E-state index is 12.4. The number of hydrogen-bond donors (Lipinski definition) is 2. The number of rotatable bonds is 5. The number of amides is 2. The third-order valence-electron chi connectivity index (χ3n) is 5.93. The van der Waals surface area contributed by atoms with Gasteiger partial charge < -0.3 is 15.3 Å². The van der Waals surface area contributed by atoms with E-state index < -0.39 is 0 Å². The monoisotopic (exact) mass is 375 g/mol. The van der Waals surface area contributed by atoms with Gasteiger partial charge in [0.05, 0.1) is 43.7 Å². The van der Waals surface area contributed by atoms with Crippen molar-refractivity contribution in [2.75, 3.05) is 26.2 Å². The second kappa shape index (κ2) is 7.98. The molecular formula is C19H29N5O3. The summed E-state index contributed by atoms with van der Waals surface area (Å²) in [5, 5.41) is 17.2. The lowest BCUT2D eigenvalue weighted by atomic mass is 9.84. The molecule has 0 aromatic carbocycles. The first kappa shape index (κ1) is 18.4. The Morgan fingerprint density at radius 2 is 2.04 bits per heavy atom. The van der Waals surface area contributed by atoms with Gasteiger partial charge in [-0.25, -0.2) is 0 Å². The molecule has 27 heavy (non-hydrogen) atoms. The smallest absolute Gasteiger partial charge is 0.234 e. The number of piperidine rings is 1. The summed E-state index contributed by atoms with van der Waals surface area (Å²) < 4.78 is 1.95. The van der Waals surface area contributed by atoms with E-state index in [-0.39, 0.29) is 23.8 Å². The van der Waals surface area contributed by atoms with Gasteiger partial charge in [0.2, 0.25) is 11.8 Å². The van der Waals surface area contributed by atoms with Gasteiger partial charge in [-0.1, -0.05) is 6.42 Å². The van der Waals surface area contributed by atoms with Crippen LogP contribution in [0.5, 0.6) is 0 Å². The maximum Gasteiger partial charge on any atom is 0.234 e. The predicted molar refractivity (Wildman–Crippen MR) is 98.5 cm³/mol. The molecule has 4 rings (SSSR count). The second-order valence-corrected chi connectivity index (χ2v) is 8.05. The van der Waals surface area contributed by atoms with E-state index in [9.17, 15) is 14.7 Å². The number of hydrogen-bond acceptors (Lipinski definition) is 5. The number of β-amino-alcohol motifs (C(OH)–C–C–N with tert-alkyl or cyclic N) is 1. The highest BCUT2D eigenvalue weighted by molar-refractivity contribution is 5.79. The van der Waals surface area contributed by atoms with Crippen molar-refractivity contribution < 1.29 is 14.7 Å². The van der Waals surface area contributed by atoms with Gasteiger partial charge in [0.1, 0.15) is 0 Å². The van der Waals surface area contributed by atoms with Gasteiger partial charge in [-0.15, -0.1) is 0 Å². The van der Waals surface area contributed by atoms with Crippen LogP contribution in [0.1, 0.15) is 43.5 Å². The molecule has 148 valence electrons. The number of fused-ring (bicyclic) bond motifs is 1. The predicted octanol–water partition coefficient (Wildman–Crippen LogP) is 0.0983. The summed E-state index contributed by atoms with van der Waals surface area (Å²) in [4.78, 5) is 28.6. The molecule has 1 atom stereocenters. The van der Waals surface area contributed by atoms with Gasteiger partial charge >= 0.3 is 0 Å². The summed E-state index contributed by atoms with van der Waals surface area (Å²) in [6, 6.07) is 1.99. The number of aliphatic hydroxyl groups is 1. The van der Waals surface area contributed by atoms with E-state index in [1.54, 1.807) is 0 Å². The summed E-state index contributed by atoms with van der Waals surface area (Å²) in [5.41, 5.74) is 1.87. The van der Waals surface area contributed by atoms with Gasteiger partial charge in [-0.05, 0) is 38.3 Å². The Balaban J connectivity index is 1.26. The van der Waals surface area contributed by atoms with Crippen LogP contribution in [0, 0.1) is 5.92 Å². The molecule has 0 spiro atoms.